The lowest BCUT2D eigenvalue weighted by molar-refractivity contribution is 1.02. The number of anilines is 2. The summed E-state index contributed by atoms with van der Waals surface area (Å²) >= 11 is 3.51. The summed E-state index contributed by atoms with van der Waals surface area (Å²) in [6.07, 6.45) is 1.81. The predicted octanol–water partition coefficient (Wildman–Crippen LogP) is 3.66. The van der Waals surface area contributed by atoms with Gasteiger partial charge < -0.3 is 11.1 Å². The van der Waals surface area contributed by atoms with Gasteiger partial charge in [0.05, 0.1) is 12.2 Å². The molecule has 0 aliphatic rings. The SMILES string of the molecule is Cc1cc(NCc2ncccc2C)c(Br)cc1N. The maximum absolute atomic E-state index is 5.85. The average molecular weight is 306 g/mol. The molecule has 0 radical (unpaired) electrons. The van der Waals surface area contributed by atoms with E-state index in [0.717, 1.165) is 27.1 Å². The molecule has 0 atom stereocenters. The molecule has 0 bridgehead atoms. The van der Waals surface area contributed by atoms with E-state index in [-0.39, 0.29) is 0 Å². The third-order valence-corrected chi connectivity index (χ3v) is 3.58. The molecule has 1 aromatic heterocycles. The van der Waals surface area contributed by atoms with Crippen LogP contribution in [0.3, 0.4) is 0 Å². The molecule has 94 valence electrons. The lowest BCUT2D eigenvalue weighted by atomic mass is 10.1. The molecule has 18 heavy (non-hydrogen) atoms. The molecular formula is C14H16BrN3. The quantitative estimate of drug-likeness (QED) is 0.851. The lowest BCUT2D eigenvalue weighted by Crippen LogP contribution is -2.04. The monoisotopic (exact) mass is 305 g/mol. The summed E-state index contributed by atoms with van der Waals surface area (Å²) < 4.78 is 0.971. The third-order valence-electron chi connectivity index (χ3n) is 2.92. The van der Waals surface area contributed by atoms with E-state index < -0.39 is 0 Å². The standard InChI is InChI=1S/C14H16BrN3/c1-9-4-3-5-17-14(9)8-18-13-6-10(2)12(16)7-11(13)15/h3-7,18H,8,16H2,1-2H3. The minimum absolute atomic E-state index is 0.703. The zero-order valence-corrected chi connectivity index (χ0v) is 12.1. The Labute approximate surface area is 116 Å². The van der Waals surface area contributed by atoms with Crippen LogP contribution >= 0.6 is 15.9 Å². The number of hydrogen-bond acceptors (Lipinski definition) is 3. The van der Waals surface area contributed by atoms with Crippen LogP contribution in [0.1, 0.15) is 16.8 Å². The molecule has 2 rings (SSSR count). The topological polar surface area (TPSA) is 50.9 Å². The van der Waals surface area contributed by atoms with Crippen LogP contribution in [-0.2, 0) is 6.54 Å². The van der Waals surface area contributed by atoms with Crippen LogP contribution < -0.4 is 11.1 Å². The van der Waals surface area contributed by atoms with Gasteiger partial charge in [-0.25, -0.2) is 0 Å². The summed E-state index contributed by atoms with van der Waals surface area (Å²) in [4.78, 5) is 4.36. The molecule has 1 heterocycles. The molecule has 0 unspecified atom stereocenters. The summed E-state index contributed by atoms with van der Waals surface area (Å²) in [7, 11) is 0. The van der Waals surface area contributed by atoms with Crippen LogP contribution in [0.15, 0.2) is 34.9 Å². The minimum Gasteiger partial charge on any atom is -0.398 e. The van der Waals surface area contributed by atoms with Crippen molar-refractivity contribution in [2.75, 3.05) is 11.1 Å². The van der Waals surface area contributed by atoms with E-state index in [1.807, 2.05) is 31.3 Å². The number of benzene rings is 1. The van der Waals surface area contributed by atoms with Crippen molar-refractivity contribution in [3.05, 3.63) is 51.8 Å². The fourth-order valence-electron chi connectivity index (χ4n) is 1.71. The molecule has 2 aromatic rings. The largest absolute Gasteiger partial charge is 0.398 e. The van der Waals surface area contributed by atoms with E-state index in [0.29, 0.717) is 6.54 Å². The summed E-state index contributed by atoms with van der Waals surface area (Å²) in [6, 6.07) is 7.97. The van der Waals surface area contributed by atoms with Crippen molar-refractivity contribution in [3.8, 4) is 0 Å². The highest BCUT2D eigenvalue weighted by Gasteiger charge is 2.04. The normalized spacial score (nSPS) is 10.4. The van der Waals surface area contributed by atoms with Gasteiger partial charge in [-0.15, -0.1) is 0 Å². The Balaban J connectivity index is 2.16. The van der Waals surface area contributed by atoms with Gasteiger partial charge in [0.25, 0.3) is 0 Å². The smallest absolute Gasteiger partial charge is 0.0623 e. The fourth-order valence-corrected chi connectivity index (χ4v) is 2.22. The van der Waals surface area contributed by atoms with E-state index in [4.69, 9.17) is 5.73 Å². The number of nitrogens with two attached hydrogens (primary N) is 1. The van der Waals surface area contributed by atoms with Gasteiger partial charge in [0.2, 0.25) is 0 Å². The Bertz CT molecular complexity index is 567. The Hall–Kier alpha value is -1.55. The number of rotatable bonds is 3. The van der Waals surface area contributed by atoms with Crippen LogP contribution in [0, 0.1) is 13.8 Å². The molecule has 0 fully saturated rings. The van der Waals surface area contributed by atoms with Crippen molar-refractivity contribution in [1.29, 1.82) is 0 Å². The van der Waals surface area contributed by atoms with Gasteiger partial charge >= 0.3 is 0 Å². The number of pyridine rings is 1. The Kier molecular flexibility index (Phi) is 3.87. The van der Waals surface area contributed by atoms with Crippen LogP contribution in [-0.4, -0.2) is 4.98 Å². The van der Waals surface area contributed by atoms with Crippen molar-refractivity contribution in [2.24, 2.45) is 0 Å². The van der Waals surface area contributed by atoms with Crippen LogP contribution in [0.4, 0.5) is 11.4 Å². The third kappa shape index (κ3) is 2.82. The number of aromatic nitrogens is 1. The van der Waals surface area contributed by atoms with Crippen molar-refractivity contribution in [3.63, 3.8) is 0 Å². The lowest BCUT2D eigenvalue weighted by Gasteiger charge is -2.12. The predicted molar refractivity (Wildman–Crippen MR) is 79.6 cm³/mol. The highest BCUT2D eigenvalue weighted by Crippen LogP contribution is 2.28. The molecule has 4 heteroatoms. The summed E-state index contributed by atoms with van der Waals surface area (Å²) in [5.41, 5.74) is 11.0. The highest BCUT2D eigenvalue weighted by atomic mass is 79.9. The minimum atomic E-state index is 0.703. The van der Waals surface area contributed by atoms with E-state index in [9.17, 15) is 0 Å². The first kappa shape index (κ1) is 12.9. The van der Waals surface area contributed by atoms with Gasteiger partial charge in [0.1, 0.15) is 0 Å². The maximum atomic E-state index is 5.85. The first-order valence-electron chi connectivity index (χ1n) is 5.78. The zero-order valence-electron chi connectivity index (χ0n) is 10.5. The second kappa shape index (κ2) is 5.40. The Morgan fingerprint density at radius 2 is 2.06 bits per heavy atom. The molecule has 3 nitrogen and oxygen atoms in total. The molecule has 1 aromatic carbocycles. The number of hydrogen-bond donors (Lipinski definition) is 2. The van der Waals surface area contributed by atoms with Gasteiger partial charge in [0, 0.05) is 22.0 Å². The molecule has 0 aliphatic carbocycles. The summed E-state index contributed by atoms with van der Waals surface area (Å²) in [5.74, 6) is 0. The van der Waals surface area contributed by atoms with E-state index in [2.05, 4.69) is 39.2 Å². The average Bonchev–Trinajstić information content (AvgIpc) is 2.34. The van der Waals surface area contributed by atoms with Crippen LogP contribution in [0.5, 0.6) is 0 Å². The second-order valence-electron chi connectivity index (χ2n) is 4.31. The van der Waals surface area contributed by atoms with Crippen molar-refractivity contribution in [2.45, 2.75) is 20.4 Å². The number of nitrogen functional groups attached to an aromatic ring is 1. The Morgan fingerprint density at radius 3 is 2.78 bits per heavy atom. The van der Waals surface area contributed by atoms with E-state index in [1.54, 1.807) is 0 Å². The van der Waals surface area contributed by atoms with E-state index in [1.165, 1.54) is 5.56 Å². The number of halogens is 1. The number of aryl methyl sites for hydroxylation is 2. The fraction of sp³-hybridized carbons (Fsp3) is 0.214. The molecular weight excluding hydrogens is 290 g/mol. The zero-order chi connectivity index (χ0) is 13.1. The number of nitrogens with zero attached hydrogens (tertiary/aromatic N) is 1. The molecule has 0 spiro atoms. The Morgan fingerprint density at radius 1 is 1.28 bits per heavy atom. The van der Waals surface area contributed by atoms with Gasteiger partial charge in [0.15, 0.2) is 0 Å². The van der Waals surface area contributed by atoms with Crippen molar-refractivity contribution < 1.29 is 0 Å². The molecule has 0 saturated carbocycles. The van der Waals surface area contributed by atoms with Crippen molar-refractivity contribution in [1.82, 2.24) is 4.98 Å². The van der Waals surface area contributed by atoms with Crippen LogP contribution in [0.25, 0.3) is 0 Å². The molecule has 0 amide bonds. The molecule has 0 saturated heterocycles. The first-order valence-corrected chi connectivity index (χ1v) is 6.57. The first-order chi connectivity index (χ1) is 8.58. The molecule has 0 aliphatic heterocycles. The second-order valence-corrected chi connectivity index (χ2v) is 5.16. The van der Waals surface area contributed by atoms with E-state index >= 15 is 0 Å². The summed E-state index contributed by atoms with van der Waals surface area (Å²) in [5, 5.41) is 3.37. The van der Waals surface area contributed by atoms with Gasteiger partial charge in [-0.1, -0.05) is 6.07 Å². The number of nitrogens with one attached hydrogen (secondary N) is 1. The molecule has 3 N–H and O–H groups in total. The maximum Gasteiger partial charge on any atom is 0.0623 e. The van der Waals surface area contributed by atoms with Gasteiger partial charge in [-0.2, -0.15) is 0 Å². The van der Waals surface area contributed by atoms with Crippen LogP contribution in [0.2, 0.25) is 0 Å². The summed E-state index contributed by atoms with van der Waals surface area (Å²) in [6.45, 7) is 4.76. The highest BCUT2D eigenvalue weighted by molar-refractivity contribution is 9.10. The van der Waals surface area contributed by atoms with Crippen molar-refractivity contribution >= 4 is 27.3 Å². The van der Waals surface area contributed by atoms with Gasteiger partial charge in [-0.05, 0) is 59.1 Å². The van der Waals surface area contributed by atoms with Gasteiger partial charge in [-0.3, -0.25) is 4.98 Å².